The van der Waals surface area contributed by atoms with Crippen molar-refractivity contribution in [1.82, 2.24) is 0 Å². The quantitative estimate of drug-likeness (QED) is 0.761. The fourth-order valence-electron chi connectivity index (χ4n) is 7.98. The molecule has 0 aromatic rings. The van der Waals surface area contributed by atoms with Gasteiger partial charge in [0.05, 0.1) is 5.60 Å². The van der Waals surface area contributed by atoms with Crippen molar-refractivity contribution >= 4 is 5.78 Å². The van der Waals surface area contributed by atoms with E-state index in [0.717, 1.165) is 50.4 Å². The van der Waals surface area contributed by atoms with Crippen molar-refractivity contribution in [2.24, 2.45) is 34.5 Å². The second-order valence-electron chi connectivity index (χ2n) is 10.2. The lowest BCUT2D eigenvalue weighted by molar-refractivity contribution is -0.158. The first-order valence-corrected chi connectivity index (χ1v) is 10.6. The molecule has 0 amide bonds. The Morgan fingerprint density at radius 3 is 2.54 bits per heavy atom. The van der Waals surface area contributed by atoms with Gasteiger partial charge in [0.15, 0.2) is 0 Å². The average Bonchev–Trinajstić information content (AvgIpc) is 2.80. The molecule has 0 aliphatic heterocycles. The summed E-state index contributed by atoms with van der Waals surface area (Å²) in [6.07, 6.45) is 12.2. The van der Waals surface area contributed by atoms with Crippen LogP contribution in [-0.4, -0.2) is 16.5 Å². The summed E-state index contributed by atoms with van der Waals surface area (Å²) in [5, 5.41) is 11.4. The number of carbonyl (C=O) groups excluding carboxylic acids is 1. The molecule has 4 rings (SSSR count). The molecule has 0 saturated heterocycles. The zero-order valence-electron chi connectivity index (χ0n) is 15.9. The predicted octanol–water partition coefficient (Wildman–Crippen LogP) is 5.13. The molecule has 2 heteroatoms. The number of rotatable bonds is 2. The lowest BCUT2D eigenvalue weighted by atomic mass is 9.44. The van der Waals surface area contributed by atoms with Gasteiger partial charge in [0, 0.05) is 12.8 Å². The Kier molecular flexibility index (Phi) is 3.95. The first-order chi connectivity index (χ1) is 11.3. The van der Waals surface area contributed by atoms with E-state index in [-0.39, 0.29) is 5.41 Å². The van der Waals surface area contributed by atoms with Crippen LogP contribution in [0.25, 0.3) is 0 Å². The highest BCUT2D eigenvalue weighted by molar-refractivity contribution is 5.79. The number of Topliss-reactive ketones (excluding diaryl/α,β-unsaturated/α-hetero) is 1. The van der Waals surface area contributed by atoms with Crippen molar-refractivity contribution in [1.29, 1.82) is 0 Å². The summed E-state index contributed by atoms with van der Waals surface area (Å²) in [5.41, 5.74) is 0.110. The summed E-state index contributed by atoms with van der Waals surface area (Å²) >= 11 is 0. The summed E-state index contributed by atoms with van der Waals surface area (Å²) in [6, 6.07) is 0. The van der Waals surface area contributed by atoms with Crippen molar-refractivity contribution in [3.05, 3.63) is 0 Å². The van der Waals surface area contributed by atoms with Crippen LogP contribution in [0.2, 0.25) is 0 Å². The maximum Gasteiger partial charge on any atom is 0.133 e. The Balaban J connectivity index is 1.62. The van der Waals surface area contributed by atoms with Crippen LogP contribution in [0.15, 0.2) is 0 Å². The zero-order chi connectivity index (χ0) is 17.2. The topological polar surface area (TPSA) is 37.3 Å². The molecule has 4 saturated carbocycles. The first-order valence-electron chi connectivity index (χ1n) is 10.6. The smallest absolute Gasteiger partial charge is 0.133 e. The van der Waals surface area contributed by atoms with E-state index in [2.05, 4.69) is 20.8 Å². The molecule has 0 heterocycles. The number of fused-ring (bicyclic) bond motifs is 5. The highest BCUT2D eigenvalue weighted by Crippen LogP contribution is 2.68. The molecule has 24 heavy (non-hydrogen) atoms. The van der Waals surface area contributed by atoms with Crippen LogP contribution in [0.1, 0.15) is 91.4 Å². The molecule has 0 spiro atoms. The Hall–Kier alpha value is -0.370. The third-order valence-electron chi connectivity index (χ3n) is 9.47. The molecule has 0 aromatic heterocycles. The van der Waals surface area contributed by atoms with Gasteiger partial charge in [0.25, 0.3) is 0 Å². The van der Waals surface area contributed by atoms with E-state index in [1.165, 1.54) is 32.1 Å². The Morgan fingerprint density at radius 2 is 1.79 bits per heavy atom. The fraction of sp³-hybridized carbons (Fsp3) is 0.955. The predicted molar refractivity (Wildman–Crippen MR) is 96.6 cm³/mol. The Labute approximate surface area is 147 Å². The van der Waals surface area contributed by atoms with Gasteiger partial charge in [-0.05, 0) is 85.9 Å². The molecule has 4 fully saturated rings. The van der Waals surface area contributed by atoms with Gasteiger partial charge in [-0.25, -0.2) is 0 Å². The van der Waals surface area contributed by atoms with Crippen LogP contribution in [0.3, 0.4) is 0 Å². The molecule has 4 aliphatic rings. The second-order valence-corrected chi connectivity index (χ2v) is 10.2. The zero-order valence-corrected chi connectivity index (χ0v) is 15.9. The van der Waals surface area contributed by atoms with Gasteiger partial charge in [-0.3, -0.25) is 4.79 Å². The molecular weight excluding hydrogens is 296 g/mol. The number of hydrogen-bond acceptors (Lipinski definition) is 2. The molecule has 136 valence electrons. The van der Waals surface area contributed by atoms with Crippen molar-refractivity contribution in [2.75, 3.05) is 0 Å². The number of carbonyl (C=O) groups is 1. The molecule has 1 N–H and O–H groups in total. The van der Waals surface area contributed by atoms with Gasteiger partial charge in [-0.15, -0.1) is 0 Å². The molecule has 2 nitrogen and oxygen atoms in total. The van der Waals surface area contributed by atoms with Crippen molar-refractivity contribution in [3.8, 4) is 0 Å². The van der Waals surface area contributed by atoms with Crippen molar-refractivity contribution < 1.29 is 9.90 Å². The molecule has 7 atom stereocenters. The maximum atomic E-state index is 12.0. The normalized spacial score (nSPS) is 54.1. The Morgan fingerprint density at radius 1 is 1.04 bits per heavy atom. The fourth-order valence-corrected chi connectivity index (χ4v) is 7.98. The van der Waals surface area contributed by atoms with E-state index in [1.54, 1.807) is 0 Å². The SMILES string of the molecule is CCC[C@]1(O)CCC2C3CCC4CC(=O)CC[C@]4(C)C3CC[C@@]21C. The van der Waals surface area contributed by atoms with E-state index in [4.69, 9.17) is 0 Å². The van der Waals surface area contributed by atoms with E-state index < -0.39 is 5.60 Å². The highest BCUT2D eigenvalue weighted by atomic mass is 16.3. The summed E-state index contributed by atoms with van der Waals surface area (Å²) in [6.45, 7) is 7.14. The molecule has 0 radical (unpaired) electrons. The van der Waals surface area contributed by atoms with E-state index in [0.29, 0.717) is 23.0 Å². The largest absolute Gasteiger partial charge is 0.389 e. The van der Waals surface area contributed by atoms with Gasteiger partial charge in [0.2, 0.25) is 0 Å². The van der Waals surface area contributed by atoms with Gasteiger partial charge < -0.3 is 5.11 Å². The van der Waals surface area contributed by atoms with Gasteiger partial charge in [-0.2, -0.15) is 0 Å². The van der Waals surface area contributed by atoms with Gasteiger partial charge >= 0.3 is 0 Å². The molecule has 0 aromatic carbocycles. The van der Waals surface area contributed by atoms with E-state index in [9.17, 15) is 9.90 Å². The molecule has 0 bridgehead atoms. The number of hydrogen-bond donors (Lipinski definition) is 1. The number of aliphatic hydroxyl groups is 1. The monoisotopic (exact) mass is 332 g/mol. The first kappa shape index (κ1) is 17.1. The highest BCUT2D eigenvalue weighted by Gasteiger charge is 2.64. The molecular formula is C22H36O2. The minimum atomic E-state index is -0.419. The van der Waals surface area contributed by atoms with Crippen LogP contribution in [-0.2, 0) is 4.79 Å². The lowest BCUT2D eigenvalue weighted by Crippen LogP contribution is -2.56. The van der Waals surface area contributed by atoms with Crippen LogP contribution < -0.4 is 0 Å². The molecule has 4 unspecified atom stereocenters. The summed E-state index contributed by atoms with van der Waals surface area (Å²) in [4.78, 5) is 12.0. The summed E-state index contributed by atoms with van der Waals surface area (Å²) < 4.78 is 0. The van der Waals surface area contributed by atoms with Gasteiger partial charge in [-0.1, -0.05) is 27.2 Å². The second kappa shape index (κ2) is 5.56. The number of ketones is 1. The van der Waals surface area contributed by atoms with Crippen LogP contribution in [0.5, 0.6) is 0 Å². The minimum Gasteiger partial charge on any atom is -0.389 e. The van der Waals surface area contributed by atoms with Crippen LogP contribution >= 0.6 is 0 Å². The Bertz CT molecular complexity index is 528. The summed E-state index contributed by atoms with van der Waals surface area (Å²) in [5.74, 6) is 3.45. The van der Waals surface area contributed by atoms with E-state index >= 15 is 0 Å². The van der Waals surface area contributed by atoms with Crippen molar-refractivity contribution in [2.45, 2.75) is 97.0 Å². The van der Waals surface area contributed by atoms with Crippen LogP contribution in [0.4, 0.5) is 0 Å². The maximum absolute atomic E-state index is 12.0. The third-order valence-corrected chi connectivity index (χ3v) is 9.47. The molecule has 4 aliphatic carbocycles. The lowest BCUT2D eigenvalue weighted by Gasteiger charge is -2.61. The van der Waals surface area contributed by atoms with Gasteiger partial charge in [0.1, 0.15) is 5.78 Å². The minimum absolute atomic E-state index is 0.137. The van der Waals surface area contributed by atoms with Crippen LogP contribution in [0, 0.1) is 34.5 Å². The third kappa shape index (κ3) is 2.14. The standard InChI is InChI=1S/C22H36O2/c1-4-10-22(24)13-9-19-17-6-5-15-14-16(23)7-11-20(15,2)18(17)8-12-21(19,22)3/h15,17-19,24H,4-14H2,1-3H3/t15?,17?,18?,19?,20-,21-,22-/m0/s1. The average molecular weight is 333 g/mol. The summed E-state index contributed by atoms with van der Waals surface area (Å²) in [7, 11) is 0. The van der Waals surface area contributed by atoms with E-state index in [1.807, 2.05) is 0 Å². The van der Waals surface area contributed by atoms with Crippen molar-refractivity contribution in [3.63, 3.8) is 0 Å².